The van der Waals surface area contributed by atoms with Crippen LogP contribution >= 0.6 is 0 Å². The quantitative estimate of drug-likeness (QED) is 0.651. The molecule has 32 heavy (non-hydrogen) atoms. The fraction of sp³-hybridized carbons (Fsp3) is 0.320. The van der Waals surface area contributed by atoms with Crippen molar-refractivity contribution in [3.8, 4) is 0 Å². The summed E-state index contributed by atoms with van der Waals surface area (Å²) in [6, 6.07) is 15.4. The maximum atomic E-state index is 13.4. The highest BCUT2D eigenvalue weighted by atomic mass is 16.2. The molecule has 2 aliphatic heterocycles. The number of nitrogens with zero attached hydrogens (tertiary/aromatic N) is 4. The van der Waals surface area contributed by atoms with Crippen molar-refractivity contribution in [2.75, 3.05) is 25.5 Å². The molecule has 3 heterocycles. The van der Waals surface area contributed by atoms with Gasteiger partial charge in [0.05, 0.1) is 11.8 Å². The molecule has 7 nitrogen and oxygen atoms in total. The first-order valence-electron chi connectivity index (χ1n) is 10.8. The number of amides is 2. The first-order chi connectivity index (χ1) is 15.3. The number of nitrogens with one attached hydrogen (secondary N) is 1. The maximum absolute atomic E-state index is 13.4. The standard InChI is InChI=1S/C25H27N5O2/c1-25(2)23-19(18-7-5-6-8-20(18)27-23)13-21-24(32)29(15-22(31)30(21)25)26-14-16-9-11-17(12-10-16)28(3)4/h5-12,14,21,27H,13,15H2,1-4H3/t21-/m0/s1. The number of benzene rings is 2. The van der Waals surface area contributed by atoms with Crippen molar-refractivity contribution in [1.82, 2.24) is 14.9 Å². The number of aromatic amines is 1. The second-order valence-electron chi connectivity index (χ2n) is 9.19. The van der Waals surface area contributed by atoms with Crippen molar-refractivity contribution in [2.24, 2.45) is 5.10 Å². The van der Waals surface area contributed by atoms with Gasteiger partial charge < -0.3 is 14.8 Å². The third-order valence-electron chi connectivity index (χ3n) is 6.59. The van der Waals surface area contributed by atoms with Gasteiger partial charge >= 0.3 is 0 Å². The topological polar surface area (TPSA) is 72.0 Å². The van der Waals surface area contributed by atoms with E-state index in [-0.39, 0.29) is 18.4 Å². The lowest BCUT2D eigenvalue weighted by Crippen LogP contribution is -2.66. The van der Waals surface area contributed by atoms with E-state index in [1.807, 2.05) is 75.3 Å². The number of fused-ring (bicyclic) bond motifs is 4. The Bertz CT molecular complexity index is 1240. The molecule has 0 saturated carbocycles. The van der Waals surface area contributed by atoms with Crippen LogP contribution in [0, 0.1) is 0 Å². The molecule has 7 heteroatoms. The summed E-state index contributed by atoms with van der Waals surface area (Å²) in [6.45, 7) is 3.95. The van der Waals surface area contributed by atoms with Crippen LogP contribution in [0.4, 0.5) is 5.69 Å². The lowest BCUT2D eigenvalue weighted by atomic mass is 9.82. The number of hydrogen-bond donors (Lipinski definition) is 1. The Morgan fingerprint density at radius 2 is 1.81 bits per heavy atom. The molecule has 1 fully saturated rings. The molecule has 0 unspecified atom stereocenters. The summed E-state index contributed by atoms with van der Waals surface area (Å²) in [5.74, 6) is -0.237. The van der Waals surface area contributed by atoms with Crippen LogP contribution in [-0.4, -0.2) is 59.6 Å². The third kappa shape index (κ3) is 3.07. The second kappa shape index (κ2) is 7.22. The Kier molecular flexibility index (Phi) is 4.58. The summed E-state index contributed by atoms with van der Waals surface area (Å²) in [5.41, 5.74) is 4.50. The van der Waals surface area contributed by atoms with Gasteiger partial charge in [-0.2, -0.15) is 5.10 Å². The molecule has 1 N–H and O–H groups in total. The Balaban J connectivity index is 1.46. The highest BCUT2D eigenvalue weighted by Gasteiger charge is 2.51. The van der Waals surface area contributed by atoms with Crippen molar-refractivity contribution in [2.45, 2.75) is 31.8 Å². The molecular weight excluding hydrogens is 402 g/mol. The van der Waals surface area contributed by atoms with Gasteiger partial charge in [0.1, 0.15) is 12.6 Å². The molecule has 3 aromatic rings. The van der Waals surface area contributed by atoms with Gasteiger partial charge in [-0.05, 0) is 43.2 Å². The zero-order chi connectivity index (χ0) is 22.6. The van der Waals surface area contributed by atoms with E-state index in [0.717, 1.165) is 33.4 Å². The first-order valence-corrected chi connectivity index (χ1v) is 10.8. The Labute approximate surface area is 187 Å². The minimum Gasteiger partial charge on any atom is -0.378 e. The van der Waals surface area contributed by atoms with E-state index in [0.29, 0.717) is 6.42 Å². The van der Waals surface area contributed by atoms with Crippen LogP contribution in [-0.2, 0) is 21.5 Å². The van der Waals surface area contributed by atoms with Crippen LogP contribution in [0.25, 0.3) is 10.9 Å². The van der Waals surface area contributed by atoms with Gasteiger partial charge in [0.25, 0.3) is 5.91 Å². The molecular formula is C25H27N5O2. The molecule has 5 rings (SSSR count). The van der Waals surface area contributed by atoms with Crippen LogP contribution in [0.15, 0.2) is 53.6 Å². The number of para-hydroxylation sites is 1. The second-order valence-corrected chi connectivity index (χ2v) is 9.19. The van der Waals surface area contributed by atoms with Gasteiger partial charge in [0.15, 0.2) is 0 Å². The van der Waals surface area contributed by atoms with Gasteiger partial charge in [-0.25, -0.2) is 5.01 Å². The molecule has 0 bridgehead atoms. The Hall–Kier alpha value is -3.61. The summed E-state index contributed by atoms with van der Waals surface area (Å²) in [7, 11) is 3.97. The summed E-state index contributed by atoms with van der Waals surface area (Å²) in [6.07, 6.45) is 2.13. The van der Waals surface area contributed by atoms with E-state index < -0.39 is 11.6 Å². The van der Waals surface area contributed by atoms with E-state index in [1.165, 1.54) is 5.01 Å². The van der Waals surface area contributed by atoms with Crippen molar-refractivity contribution in [3.63, 3.8) is 0 Å². The number of H-pyrrole nitrogens is 1. The number of carbonyl (C=O) groups excluding carboxylic acids is 2. The van der Waals surface area contributed by atoms with Crippen LogP contribution in [0.1, 0.15) is 30.7 Å². The van der Waals surface area contributed by atoms with Crippen LogP contribution in [0.5, 0.6) is 0 Å². The lowest BCUT2D eigenvalue weighted by Gasteiger charge is -2.50. The van der Waals surface area contributed by atoms with Gasteiger partial charge in [-0.1, -0.05) is 30.3 Å². The number of hydrazone groups is 1. The maximum Gasteiger partial charge on any atom is 0.266 e. The number of rotatable bonds is 3. The SMILES string of the molecule is CN(C)c1ccc(C=NN2CC(=O)N3[C@@H](Cc4c([nH]c5ccccc45)C3(C)C)C2=O)cc1. The van der Waals surface area contributed by atoms with E-state index in [2.05, 4.69) is 16.2 Å². The van der Waals surface area contributed by atoms with E-state index in [9.17, 15) is 9.59 Å². The molecule has 164 valence electrons. The molecule has 2 aromatic carbocycles. The molecule has 0 aliphatic carbocycles. The number of piperazine rings is 1. The van der Waals surface area contributed by atoms with Crippen molar-refractivity contribution >= 4 is 34.6 Å². The Morgan fingerprint density at radius 3 is 2.53 bits per heavy atom. The molecule has 2 aliphatic rings. The fourth-order valence-electron chi connectivity index (χ4n) is 4.96. The van der Waals surface area contributed by atoms with Crippen molar-refractivity contribution in [1.29, 1.82) is 0 Å². The van der Waals surface area contributed by atoms with Gasteiger partial charge in [0.2, 0.25) is 5.91 Å². The lowest BCUT2D eigenvalue weighted by molar-refractivity contribution is -0.163. The van der Waals surface area contributed by atoms with Gasteiger partial charge in [-0.15, -0.1) is 0 Å². The van der Waals surface area contributed by atoms with E-state index >= 15 is 0 Å². The molecule has 1 aromatic heterocycles. The zero-order valence-corrected chi connectivity index (χ0v) is 18.8. The highest BCUT2D eigenvalue weighted by molar-refractivity contribution is 5.98. The normalized spacial score (nSPS) is 20.1. The fourth-order valence-corrected chi connectivity index (χ4v) is 4.96. The first kappa shape index (κ1) is 20.3. The van der Waals surface area contributed by atoms with E-state index in [4.69, 9.17) is 0 Å². The molecule has 2 amide bonds. The average molecular weight is 430 g/mol. The highest BCUT2D eigenvalue weighted by Crippen LogP contribution is 2.42. The number of carbonyl (C=O) groups is 2. The minimum atomic E-state index is -0.609. The summed E-state index contributed by atoms with van der Waals surface area (Å²) in [4.78, 5) is 33.9. The molecule has 1 atom stereocenters. The Morgan fingerprint density at radius 1 is 1.09 bits per heavy atom. The summed E-state index contributed by atoms with van der Waals surface area (Å²) in [5, 5.41) is 6.82. The van der Waals surface area contributed by atoms with Crippen molar-refractivity contribution in [3.05, 3.63) is 65.4 Å². The monoisotopic (exact) mass is 429 g/mol. The zero-order valence-electron chi connectivity index (χ0n) is 18.8. The van der Waals surface area contributed by atoms with Gasteiger partial charge in [-0.3, -0.25) is 9.59 Å². The molecule has 0 radical (unpaired) electrons. The van der Waals surface area contributed by atoms with Crippen LogP contribution < -0.4 is 4.90 Å². The number of aromatic nitrogens is 1. The van der Waals surface area contributed by atoms with E-state index in [1.54, 1.807) is 11.1 Å². The average Bonchev–Trinajstić information content (AvgIpc) is 3.15. The molecule has 0 spiro atoms. The number of anilines is 1. The molecule has 1 saturated heterocycles. The summed E-state index contributed by atoms with van der Waals surface area (Å²) < 4.78 is 0. The van der Waals surface area contributed by atoms with Crippen LogP contribution in [0.3, 0.4) is 0 Å². The van der Waals surface area contributed by atoms with Gasteiger partial charge in [0, 0.05) is 42.8 Å². The minimum absolute atomic E-state index is 0.0550. The summed E-state index contributed by atoms with van der Waals surface area (Å²) >= 11 is 0. The van der Waals surface area contributed by atoms with Crippen molar-refractivity contribution < 1.29 is 9.59 Å². The number of hydrogen-bond acceptors (Lipinski definition) is 4. The predicted molar refractivity (Wildman–Crippen MR) is 126 cm³/mol. The van der Waals surface area contributed by atoms with Crippen LogP contribution in [0.2, 0.25) is 0 Å². The predicted octanol–water partition coefficient (Wildman–Crippen LogP) is 3.10. The smallest absolute Gasteiger partial charge is 0.266 e. The third-order valence-corrected chi connectivity index (χ3v) is 6.59. The largest absolute Gasteiger partial charge is 0.378 e.